The van der Waals surface area contributed by atoms with Gasteiger partial charge in [0.15, 0.2) is 8.07 Å². The van der Waals surface area contributed by atoms with E-state index in [1.165, 1.54) is 60.5 Å². The van der Waals surface area contributed by atoms with Crippen molar-refractivity contribution in [3.63, 3.8) is 0 Å². The predicted octanol–water partition coefficient (Wildman–Crippen LogP) is 6.00. The van der Waals surface area contributed by atoms with Gasteiger partial charge in [-0.25, -0.2) is 0 Å². The molecule has 0 N–H and O–H groups in total. The van der Waals surface area contributed by atoms with Crippen molar-refractivity contribution in [3.8, 4) is 0 Å². The average Bonchev–Trinajstić information content (AvgIpc) is 2.80. The summed E-state index contributed by atoms with van der Waals surface area (Å²) < 4.78 is 0. The molecule has 0 atom stereocenters. The molecule has 0 heterocycles. The van der Waals surface area contributed by atoms with Gasteiger partial charge in [-0.1, -0.05) is 142 Å². The van der Waals surface area contributed by atoms with Crippen LogP contribution in [-0.4, -0.2) is 8.07 Å². The lowest BCUT2D eigenvalue weighted by Crippen LogP contribution is -2.66. The summed E-state index contributed by atoms with van der Waals surface area (Å²) in [6.07, 6.45) is 11.7. The Hall–Kier alpha value is -2.38. The van der Waals surface area contributed by atoms with Crippen LogP contribution in [0.4, 0.5) is 0 Å². The van der Waals surface area contributed by atoms with Crippen molar-refractivity contribution in [2.45, 2.75) is 51.9 Å². The van der Waals surface area contributed by atoms with Gasteiger partial charge in [-0.3, -0.25) is 0 Å². The highest BCUT2D eigenvalue weighted by Crippen LogP contribution is 2.12. The molecule has 3 aromatic rings. The number of hydrogen-bond donors (Lipinski definition) is 0. The summed E-state index contributed by atoms with van der Waals surface area (Å²) in [7, 11) is -2.19. The Kier molecular flexibility index (Phi) is 8.52. The zero-order valence-corrected chi connectivity index (χ0v) is 18.8. The highest BCUT2D eigenvalue weighted by atomic mass is 28.3. The fraction of sp³-hybridized carbons (Fsp3) is 0.286. The van der Waals surface area contributed by atoms with E-state index < -0.39 is 8.07 Å². The molecule has 0 aliphatic rings. The number of unbranched alkanes of at least 4 members (excludes halogenated alkanes) is 6. The van der Waals surface area contributed by atoms with Crippen molar-refractivity contribution in [2.75, 3.05) is 0 Å². The molecule has 29 heavy (non-hydrogen) atoms. The minimum Gasteiger partial charge on any atom is -0.0914 e. The first-order chi connectivity index (χ1) is 14.4. The summed E-state index contributed by atoms with van der Waals surface area (Å²) in [6.45, 7) is 2.28. The molecule has 0 aliphatic heterocycles. The van der Waals surface area contributed by atoms with Gasteiger partial charge in [0.1, 0.15) is 0 Å². The van der Waals surface area contributed by atoms with E-state index in [9.17, 15) is 0 Å². The predicted molar refractivity (Wildman–Crippen MR) is 131 cm³/mol. The Morgan fingerprint density at radius 2 is 0.966 bits per heavy atom. The van der Waals surface area contributed by atoms with E-state index in [0.717, 1.165) is 0 Å². The van der Waals surface area contributed by atoms with E-state index in [2.05, 4.69) is 110 Å². The van der Waals surface area contributed by atoms with Crippen molar-refractivity contribution >= 4 is 23.6 Å². The van der Waals surface area contributed by atoms with Crippen molar-refractivity contribution in [1.82, 2.24) is 0 Å². The molecule has 0 bridgehead atoms. The molecule has 0 saturated carbocycles. The lowest BCUT2D eigenvalue weighted by Gasteiger charge is -2.30. The first kappa shape index (κ1) is 21.3. The van der Waals surface area contributed by atoms with E-state index in [1.807, 2.05) is 0 Å². The second kappa shape index (κ2) is 11.6. The van der Waals surface area contributed by atoms with Gasteiger partial charge in [0.2, 0.25) is 0 Å². The molecule has 0 unspecified atom stereocenters. The van der Waals surface area contributed by atoms with Crippen molar-refractivity contribution < 1.29 is 0 Å². The quantitative estimate of drug-likeness (QED) is 0.211. The minimum absolute atomic E-state index is 1.17. The van der Waals surface area contributed by atoms with Gasteiger partial charge in [0, 0.05) is 0 Å². The molecular formula is C28H34Si. The van der Waals surface area contributed by atoms with Gasteiger partial charge in [-0.05, 0) is 28.4 Å². The molecular weight excluding hydrogens is 364 g/mol. The van der Waals surface area contributed by atoms with Crippen LogP contribution in [-0.2, 0) is 0 Å². The lowest BCUT2D eigenvalue weighted by atomic mass is 10.1. The molecule has 0 spiro atoms. The molecule has 150 valence electrons. The Morgan fingerprint density at radius 3 is 1.41 bits per heavy atom. The minimum atomic E-state index is -2.19. The van der Waals surface area contributed by atoms with Crippen LogP contribution in [0.2, 0.25) is 0 Å². The third-order valence-corrected chi connectivity index (χ3v) is 10.2. The topological polar surface area (TPSA) is 0 Å². The Bertz CT molecular complexity index is 741. The maximum absolute atomic E-state index is 2.58. The molecule has 3 aromatic carbocycles. The molecule has 0 amide bonds. The number of hydrogen-bond acceptors (Lipinski definition) is 0. The van der Waals surface area contributed by atoms with Crippen LogP contribution in [0.5, 0.6) is 0 Å². The molecule has 0 fully saturated rings. The molecule has 0 nitrogen and oxygen atoms in total. The fourth-order valence-corrected chi connectivity index (χ4v) is 8.45. The lowest BCUT2D eigenvalue weighted by molar-refractivity contribution is 0.611. The van der Waals surface area contributed by atoms with E-state index in [1.54, 1.807) is 0 Å². The van der Waals surface area contributed by atoms with Crippen LogP contribution in [0, 0.1) is 0 Å². The standard InChI is InChI=1S/C28H34Si/c1-2-3-4-5-6-7-8-18-25-29(26-19-12-9-13-20-26,27-21-14-10-15-22-27)28-23-16-11-17-24-28/h9-25H,2-8H2,1H3/b25-18-. The summed E-state index contributed by atoms with van der Waals surface area (Å²) in [5.41, 5.74) is 2.58. The normalized spacial score (nSPS) is 11.8. The molecule has 0 radical (unpaired) electrons. The van der Waals surface area contributed by atoms with Gasteiger partial charge in [0.25, 0.3) is 0 Å². The molecule has 0 saturated heterocycles. The Labute approximate surface area is 178 Å². The van der Waals surface area contributed by atoms with Crippen LogP contribution < -0.4 is 15.6 Å². The highest BCUT2D eigenvalue weighted by molar-refractivity contribution is 7.14. The zero-order valence-electron chi connectivity index (χ0n) is 17.8. The summed E-state index contributed by atoms with van der Waals surface area (Å²) in [4.78, 5) is 0. The fourth-order valence-electron chi connectivity index (χ4n) is 4.19. The summed E-state index contributed by atoms with van der Waals surface area (Å²) >= 11 is 0. The number of rotatable bonds is 11. The first-order valence-electron chi connectivity index (χ1n) is 11.2. The average molecular weight is 399 g/mol. The smallest absolute Gasteiger partial charge is 0.0914 e. The van der Waals surface area contributed by atoms with Crippen molar-refractivity contribution in [1.29, 1.82) is 0 Å². The maximum Gasteiger partial charge on any atom is 0.172 e. The highest BCUT2D eigenvalue weighted by Gasteiger charge is 2.36. The van der Waals surface area contributed by atoms with Crippen LogP contribution in [0.1, 0.15) is 51.9 Å². The third-order valence-electron chi connectivity index (χ3n) is 5.78. The van der Waals surface area contributed by atoms with E-state index in [-0.39, 0.29) is 0 Å². The van der Waals surface area contributed by atoms with Crippen LogP contribution in [0.25, 0.3) is 0 Å². The van der Waals surface area contributed by atoms with Crippen LogP contribution in [0.15, 0.2) is 103 Å². The molecule has 1 heteroatoms. The summed E-state index contributed by atoms with van der Waals surface area (Å²) in [5.74, 6) is 0. The SMILES string of the molecule is CCCCCCCC/C=C\[Si](c1ccccc1)(c1ccccc1)c1ccccc1. The van der Waals surface area contributed by atoms with Gasteiger partial charge >= 0.3 is 0 Å². The van der Waals surface area contributed by atoms with Crippen molar-refractivity contribution in [3.05, 3.63) is 103 Å². The molecule has 0 aliphatic carbocycles. The van der Waals surface area contributed by atoms with Gasteiger partial charge in [-0.15, -0.1) is 0 Å². The second-order valence-electron chi connectivity index (χ2n) is 7.86. The van der Waals surface area contributed by atoms with Crippen LogP contribution >= 0.6 is 0 Å². The molecule has 3 rings (SSSR count). The van der Waals surface area contributed by atoms with E-state index in [0.29, 0.717) is 0 Å². The number of benzene rings is 3. The van der Waals surface area contributed by atoms with Gasteiger partial charge in [-0.2, -0.15) is 0 Å². The maximum atomic E-state index is 2.58. The second-order valence-corrected chi connectivity index (χ2v) is 11.5. The summed E-state index contributed by atoms with van der Waals surface area (Å²) in [5, 5.41) is 4.37. The Balaban J connectivity index is 1.92. The number of allylic oxidation sites excluding steroid dienone is 1. The molecule has 0 aromatic heterocycles. The van der Waals surface area contributed by atoms with Crippen LogP contribution in [0.3, 0.4) is 0 Å². The monoisotopic (exact) mass is 398 g/mol. The van der Waals surface area contributed by atoms with E-state index >= 15 is 0 Å². The van der Waals surface area contributed by atoms with E-state index in [4.69, 9.17) is 0 Å². The largest absolute Gasteiger partial charge is 0.172 e. The Morgan fingerprint density at radius 1 is 0.552 bits per heavy atom. The van der Waals surface area contributed by atoms with Gasteiger partial charge < -0.3 is 0 Å². The first-order valence-corrected chi connectivity index (χ1v) is 13.3. The zero-order chi connectivity index (χ0) is 20.2. The third kappa shape index (κ3) is 5.58. The summed E-state index contributed by atoms with van der Waals surface area (Å²) in [6, 6.07) is 33.4. The van der Waals surface area contributed by atoms with Gasteiger partial charge in [0.05, 0.1) is 0 Å². The van der Waals surface area contributed by atoms with Crippen molar-refractivity contribution in [2.24, 2.45) is 0 Å².